The van der Waals surface area contributed by atoms with Crippen molar-refractivity contribution in [3.8, 4) is 0 Å². The minimum absolute atomic E-state index is 0.292. The van der Waals surface area contributed by atoms with E-state index < -0.39 is 0 Å². The normalized spacial score (nSPS) is 15.6. The summed E-state index contributed by atoms with van der Waals surface area (Å²) in [5, 5.41) is 16.3. The van der Waals surface area contributed by atoms with Gasteiger partial charge >= 0.3 is 0 Å². The van der Waals surface area contributed by atoms with Crippen molar-refractivity contribution in [3.63, 3.8) is 0 Å². The van der Waals surface area contributed by atoms with Gasteiger partial charge in [0.1, 0.15) is 0 Å². The fourth-order valence-electron chi connectivity index (χ4n) is 1.13. The predicted molar refractivity (Wildman–Crippen MR) is 51.4 cm³/mol. The Bertz CT molecular complexity index is 221. The van der Waals surface area contributed by atoms with Crippen molar-refractivity contribution in [3.05, 3.63) is 18.5 Å². The van der Waals surface area contributed by atoms with Gasteiger partial charge in [-0.1, -0.05) is 0 Å². The highest BCUT2D eigenvalue weighted by Crippen LogP contribution is 1.90. The van der Waals surface area contributed by atoms with Gasteiger partial charge in [0.25, 0.3) is 0 Å². The van der Waals surface area contributed by atoms with E-state index in [0.717, 1.165) is 6.54 Å². The summed E-state index contributed by atoms with van der Waals surface area (Å²) in [5.41, 5.74) is 0. The van der Waals surface area contributed by atoms with Crippen LogP contribution in [0.1, 0.15) is 13.8 Å². The number of hydrogen-bond donors (Lipinski definition) is 2. The van der Waals surface area contributed by atoms with Gasteiger partial charge in [-0.2, -0.15) is 5.10 Å². The van der Waals surface area contributed by atoms with Crippen LogP contribution in [0.5, 0.6) is 0 Å². The van der Waals surface area contributed by atoms with E-state index in [4.69, 9.17) is 5.11 Å². The molecule has 0 fully saturated rings. The molecule has 1 aromatic rings. The molecule has 4 nitrogen and oxygen atoms in total. The molecule has 4 heteroatoms. The molecular weight excluding hydrogens is 166 g/mol. The van der Waals surface area contributed by atoms with Crippen molar-refractivity contribution in [2.45, 2.75) is 32.5 Å². The number of aromatic nitrogens is 2. The van der Waals surface area contributed by atoms with Crippen LogP contribution in [0.3, 0.4) is 0 Å². The van der Waals surface area contributed by atoms with Gasteiger partial charge in [0, 0.05) is 25.0 Å². The van der Waals surface area contributed by atoms with E-state index in [1.165, 1.54) is 0 Å². The zero-order valence-electron chi connectivity index (χ0n) is 8.14. The van der Waals surface area contributed by atoms with Crippen LogP contribution in [-0.4, -0.2) is 33.6 Å². The lowest BCUT2D eigenvalue weighted by molar-refractivity contribution is 0.185. The fraction of sp³-hybridized carbons (Fsp3) is 0.667. The molecule has 0 aliphatic heterocycles. The molecule has 0 bridgehead atoms. The van der Waals surface area contributed by atoms with Crippen molar-refractivity contribution in [1.29, 1.82) is 0 Å². The maximum atomic E-state index is 9.04. The highest BCUT2D eigenvalue weighted by molar-refractivity contribution is 4.79. The maximum Gasteiger partial charge on any atom is 0.0636 e. The quantitative estimate of drug-likeness (QED) is 0.687. The zero-order chi connectivity index (χ0) is 9.68. The molecule has 0 radical (unpaired) electrons. The number of aliphatic hydroxyl groups is 1. The second kappa shape index (κ2) is 4.99. The fourth-order valence-corrected chi connectivity index (χ4v) is 1.13. The van der Waals surface area contributed by atoms with Gasteiger partial charge in [0.05, 0.1) is 12.6 Å². The van der Waals surface area contributed by atoms with E-state index in [1.807, 2.05) is 16.9 Å². The Hall–Kier alpha value is -0.870. The van der Waals surface area contributed by atoms with Gasteiger partial charge in [-0.3, -0.25) is 4.68 Å². The van der Waals surface area contributed by atoms with Crippen LogP contribution in [0.15, 0.2) is 18.5 Å². The van der Waals surface area contributed by atoms with E-state index >= 15 is 0 Å². The molecule has 2 N–H and O–H groups in total. The Morgan fingerprint density at radius 3 is 2.85 bits per heavy atom. The van der Waals surface area contributed by atoms with Crippen molar-refractivity contribution in [2.75, 3.05) is 6.54 Å². The molecule has 2 atom stereocenters. The second-order valence-electron chi connectivity index (χ2n) is 3.39. The lowest BCUT2D eigenvalue weighted by atomic mass is 10.3. The molecule has 1 heterocycles. The van der Waals surface area contributed by atoms with Crippen LogP contribution in [-0.2, 0) is 6.54 Å². The maximum absolute atomic E-state index is 9.04. The number of nitrogens with zero attached hydrogens (tertiary/aromatic N) is 2. The standard InChI is InChI=1S/C9H17N3O/c1-8(10-6-9(2)13)7-12-5-3-4-11-12/h3-5,8-10,13H,6-7H2,1-2H3/t8?,9-/m0/s1. The van der Waals surface area contributed by atoms with Crippen molar-refractivity contribution >= 4 is 0 Å². The molecule has 1 aromatic heterocycles. The molecule has 0 amide bonds. The number of aliphatic hydroxyl groups excluding tert-OH is 1. The molecule has 0 spiro atoms. The number of nitrogens with one attached hydrogen (secondary N) is 1. The van der Waals surface area contributed by atoms with Crippen LogP contribution >= 0.6 is 0 Å². The summed E-state index contributed by atoms with van der Waals surface area (Å²) in [7, 11) is 0. The first-order valence-corrected chi connectivity index (χ1v) is 4.57. The third-order valence-electron chi connectivity index (χ3n) is 1.78. The van der Waals surface area contributed by atoms with E-state index in [2.05, 4.69) is 17.3 Å². The average Bonchev–Trinajstić information content (AvgIpc) is 2.53. The highest BCUT2D eigenvalue weighted by Gasteiger charge is 2.03. The predicted octanol–water partition coefficient (Wildman–Crippen LogP) is 0.242. The molecule has 0 aromatic carbocycles. The van der Waals surface area contributed by atoms with E-state index in [1.54, 1.807) is 13.1 Å². The second-order valence-corrected chi connectivity index (χ2v) is 3.39. The summed E-state index contributed by atoms with van der Waals surface area (Å²) in [5.74, 6) is 0. The number of rotatable bonds is 5. The molecule has 0 saturated heterocycles. The Morgan fingerprint density at radius 1 is 1.54 bits per heavy atom. The zero-order valence-corrected chi connectivity index (χ0v) is 8.14. The highest BCUT2D eigenvalue weighted by atomic mass is 16.3. The summed E-state index contributed by atoms with van der Waals surface area (Å²) in [6.45, 7) is 5.31. The van der Waals surface area contributed by atoms with Crippen LogP contribution in [0.25, 0.3) is 0 Å². The monoisotopic (exact) mass is 183 g/mol. The third kappa shape index (κ3) is 4.05. The summed E-state index contributed by atoms with van der Waals surface area (Å²) in [4.78, 5) is 0. The lowest BCUT2D eigenvalue weighted by Crippen LogP contribution is -2.35. The molecule has 13 heavy (non-hydrogen) atoms. The van der Waals surface area contributed by atoms with E-state index in [9.17, 15) is 0 Å². The molecule has 0 aliphatic rings. The first-order chi connectivity index (χ1) is 6.18. The van der Waals surface area contributed by atoms with Crippen LogP contribution in [0, 0.1) is 0 Å². The minimum atomic E-state index is -0.292. The van der Waals surface area contributed by atoms with Gasteiger partial charge in [0.2, 0.25) is 0 Å². The Morgan fingerprint density at radius 2 is 2.31 bits per heavy atom. The molecule has 1 unspecified atom stereocenters. The first kappa shape index (κ1) is 10.2. The van der Waals surface area contributed by atoms with E-state index in [0.29, 0.717) is 12.6 Å². The van der Waals surface area contributed by atoms with Crippen molar-refractivity contribution in [2.24, 2.45) is 0 Å². The molecule has 1 rings (SSSR count). The summed E-state index contributed by atoms with van der Waals surface area (Å²) in [6.07, 6.45) is 3.40. The smallest absolute Gasteiger partial charge is 0.0636 e. The van der Waals surface area contributed by atoms with Gasteiger partial charge in [-0.05, 0) is 19.9 Å². The SMILES string of the molecule is CC(Cn1cccn1)NC[C@H](C)O. The van der Waals surface area contributed by atoms with Crippen LogP contribution < -0.4 is 5.32 Å². The van der Waals surface area contributed by atoms with E-state index in [-0.39, 0.29) is 6.10 Å². The van der Waals surface area contributed by atoms with Gasteiger partial charge in [-0.15, -0.1) is 0 Å². The summed E-state index contributed by atoms with van der Waals surface area (Å²) < 4.78 is 1.87. The Balaban J connectivity index is 2.22. The largest absolute Gasteiger partial charge is 0.392 e. The third-order valence-corrected chi connectivity index (χ3v) is 1.78. The topological polar surface area (TPSA) is 50.1 Å². The minimum Gasteiger partial charge on any atom is -0.392 e. The van der Waals surface area contributed by atoms with Crippen molar-refractivity contribution in [1.82, 2.24) is 15.1 Å². The van der Waals surface area contributed by atoms with Crippen molar-refractivity contribution < 1.29 is 5.11 Å². The average molecular weight is 183 g/mol. The van der Waals surface area contributed by atoms with Gasteiger partial charge in [0.15, 0.2) is 0 Å². The van der Waals surface area contributed by atoms with Crippen LogP contribution in [0.2, 0.25) is 0 Å². The molecular formula is C9H17N3O. The molecule has 0 saturated carbocycles. The Labute approximate surface area is 78.6 Å². The van der Waals surface area contributed by atoms with Gasteiger partial charge < -0.3 is 10.4 Å². The summed E-state index contributed by atoms with van der Waals surface area (Å²) in [6, 6.07) is 2.23. The lowest BCUT2D eigenvalue weighted by Gasteiger charge is -2.14. The number of hydrogen-bond acceptors (Lipinski definition) is 3. The van der Waals surface area contributed by atoms with Gasteiger partial charge in [-0.25, -0.2) is 0 Å². The summed E-state index contributed by atoms with van der Waals surface area (Å²) >= 11 is 0. The van der Waals surface area contributed by atoms with Crippen LogP contribution in [0.4, 0.5) is 0 Å². The Kier molecular flexibility index (Phi) is 3.92. The molecule has 0 aliphatic carbocycles. The molecule has 74 valence electrons. The first-order valence-electron chi connectivity index (χ1n) is 4.57.